The van der Waals surface area contributed by atoms with E-state index in [9.17, 15) is 8.42 Å². The second-order valence-electron chi connectivity index (χ2n) is 7.15. The highest BCUT2D eigenvalue weighted by Crippen LogP contribution is 2.30. The van der Waals surface area contributed by atoms with Gasteiger partial charge in [-0.15, -0.1) is 0 Å². The van der Waals surface area contributed by atoms with Crippen LogP contribution in [0.3, 0.4) is 0 Å². The normalized spacial score (nSPS) is 16.9. The minimum absolute atomic E-state index is 0.234. The zero-order valence-electron chi connectivity index (χ0n) is 15.0. The van der Waals surface area contributed by atoms with Gasteiger partial charge in [-0.25, -0.2) is 13.1 Å². The number of hydrogen-bond donors (Lipinski definition) is 1. The van der Waals surface area contributed by atoms with Gasteiger partial charge in [0.2, 0.25) is 10.0 Å². The van der Waals surface area contributed by atoms with Gasteiger partial charge >= 0.3 is 0 Å². The molecule has 134 valence electrons. The van der Waals surface area contributed by atoms with Gasteiger partial charge in [0.25, 0.3) is 0 Å². The van der Waals surface area contributed by atoms with Crippen LogP contribution in [0.15, 0.2) is 41.6 Å². The lowest BCUT2D eigenvalue weighted by Gasteiger charge is -2.36. The summed E-state index contributed by atoms with van der Waals surface area (Å²) >= 11 is 0. The lowest BCUT2D eigenvalue weighted by atomic mass is 9.89. The molecule has 1 aliphatic rings. The van der Waals surface area contributed by atoms with Gasteiger partial charge < -0.3 is 9.64 Å². The summed E-state index contributed by atoms with van der Waals surface area (Å²) in [5.41, 5.74) is 0.954. The molecule has 0 radical (unpaired) electrons. The summed E-state index contributed by atoms with van der Waals surface area (Å²) in [4.78, 5) is 2.49. The van der Waals surface area contributed by atoms with Gasteiger partial charge in [-0.05, 0) is 70.9 Å². The predicted molar refractivity (Wildman–Crippen MR) is 96.2 cm³/mol. The first-order valence-electron chi connectivity index (χ1n) is 8.29. The molecular formula is C18H28N2O3S. The molecule has 1 saturated heterocycles. The van der Waals surface area contributed by atoms with Gasteiger partial charge in [0.1, 0.15) is 5.60 Å². The van der Waals surface area contributed by atoms with Crippen molar-refractivity contribution in [3.8, 4) is 0 Å². The second-order valence-corrected chi connectivity index (χ2v) is 9.03. The van der Waals surface area contributed by atoms with Gasteiger partial charge in [0, 0.05) is 13.1 Å². The molecule has 1 fully saturated rings. The topological polar surface area (TPSA) is 58.6 Å². The molecule has 1 aromatic rings. The lowest BCUT2D eigenvalue weighted by molar-refractivity contribution is -0.00293. The van der Waals surface area contributed by atoms with Gasteiger partial charge in [-0.2, -0.15) is 0 Å². The highest BCUT2D eigenvalue weighted by molar-refractivity contribution is 7.89. The van der Waals surface area contributed by atoms with Crippen molar-refractivity contribution in [2.45, 2.75) is 50.0 Å². The van der Waals surface area contributed by atoms with Crippen LogP contribution in [0.2, 0.25) is 0 Å². The van der Waals surface area contributed by atoms with Gasteiger partial charge in [0.15, 0.2) is 5.88 Å². The summed E-state index contributed by atoms with van der Waals surface area (Å²) in [6.45, 7) is 11.9. The summed E-state index contributed by atoms with van der Waals surface area (Å²) in [5, 5.41) is 0. The Kier molecular flexibility index (Phi) is 5.60. The molecule has 1 N–H and O–H groups in total. The first-order chi connectivity index (χ1) is 11.1. The van der Waals surface area contributed by atoms with Crippen LogP contribution in [0.1, 0.15) is 45.1 Å². The number of nitrogens with one attached hydrogen (secondary N) is 1. The van der Waals surface area contributed by atoms with Crippen molar-refractivity contribution >= 4 is 10.0 Å². The average Bonchev–Trinajstić information content (AvgIpc) is 2.53. The van der Waals surface area contributed by atoms with Gasteiger partial charge in [0.05, 0.1) is 4.90 Å². The smallest absolute Gasteiger partial charge is 0.240 e. The van der Waals surface area contributed by atoms with E-state index < -0.39 is 10.0 Å². The fraction of sp³-hybridized carbons (Fsp3) is 0.556. The Morgan fingerprint density at radius 1 is 1.21 bits per heavy atom. The maximum absolute atomic E-state index is 11.8. The highest BCUT2D eigenvalue weighted by Gasteiger charge is 2.24. The Hall–Kier alpha value is -1.53. The predicted octanol–water partition coefficient (Wildman–Crippen LogP) is 3.06. The van der Waals surface area contributed by atoms with Crippen LogP contribution < -0.4 is 4.72 Å². The molecule has 1 aliphatic heterocycles. The fourth-order valence-corrected chi connectivity index (χ4v) is 3.65. The zero-order chi connectivity index (χ0) is 18.0. The van der Waals surface area contributed by atoms with E-state index in [0.717, 1.165) is 31.8 Å². The Morgan fingerprint density at radius 3 is 2.21 bits per heavy atom. The minimum atomic E-state index is -3.37. The molecule has 1 heterocycles. The van der Waals surface area contributed by atoms with E-state index in [1.165, 1.54) is 12.6 Å². The van der Waals surface area contributed by atoms with Crippen LogP contribution in [0.4, 0.5) is 0 Å². The number of nitrogens with zero attached hydrogens (tertiary/aromatic N) is 1. The maximum atomic E-state index is 11.8. The molecule has 0 unspecified atom stereocenters. The molecule has 1 aromatic carbocycles. The monoisotopic (exact) mass is 352 g/mol. The number of hydrogen-bond acceptors (Lipinski definition) is 4. The largest absolute Gasteiger partial charge is 0.474 e. The quantitative estimate of drug-likeness (QED) is 0.828. The zero-order valence-corrected chi connectivity index (χ0v) is 15.8. The summed E-state index contributed by atoms with van der Waals surface area (Å²) in [6, 6.07) is 7.19. The molecule has 0 amide bonds. The van der Waals surface area contributed by atoms with Crippen LogP contribution >= 0.6 is 0 Å². The average molecular weight is 353 g/mol. The van der Waals surface area contributed by atoms with Crippen LogP contribution in [0.25, 0.3) is 0 Å². The molecule has 0 spiro atoms. The van der Waals surface area contributed by atoms with E-state index in [-0.39, 0.29) is 5.60 Å². The molecule has 2 rings (SSSR count). The van der Waals surface area contributed by atoms with Crippen molar-refractivity contribution in [3.05, 3.63) is 42.3 Å². The maximum Gasteiger partial charge on any atom is 0.240 e. The Balaban J connectivity index is 1.96. The van der Waals surface area contributed by atoms with E-state index in [1.54, 1.807) is 12.1 Å². The molecule has 5 nitrogen and oxygen atoms in total. The first-order valence-corrected chi connectivity index (χ1v) is 9.77. The first kappa shape index (κ1) is 18.8. The van der Waals surface area contributed by atoms with E-state index in [0.29, 0.717) is 10.8 Å². The number of sulfonamides is 1. The van der Waals surface area contributed by atoms with Crippen LogP contribution in [-0.2, 0) is 14.8 Å². The van der Waals surface area contributed by atoms with Crippen molar-refractivity contribution < 1.29 is 13.2 Å². The summed E-state index contributed by atoms with van der Waals surface area (Å²) in [6.07, 6.45) is 2.01. The van der Waals surface area contributed by atoms with Crippen molar-refractivity contribution in [2.24, 2.45) is 0 Å². The Morgan fingerprint density at radius 2 is 1.75 bits per heavy atom. The third kappa shape index (κ3) is 4.74. The van der Waals surface area contributed by atoms with Gasteiger partial charge in [-0.3, -0.25) is 0 Å². The minimum Gasteiger partial charge on any atom is -0.474 e. The third-order valence-electron chi connectivity index (χ3n) is 4.20. The number of rotatable bonds is 5. The molecule has 0 aromatic heterocycles. The molecule has 0 saturated carbocycles. The number of likely N-dealkylation sites (tertiary alicyclic amines) is 1. The number of benzene rings is 1. The molecule has 24 heavy (non-hydrogen) atoms. The highest BCUT2D eigenvalue weighted by atomic mass is 32.2. The Bertz CT molecular complexity index is 667. The van der Waals surface area contributed by atoms with Crippen molar-refractivity contribution in [3.63, 3.8) is 0 Å². The summed E-state index contributed by atoms with van der Waals surface area (Å²) < 4.78 is 31.7. The fourth-order valence-electron chi connectivity index (χ4n) is 2.92. The Labute approximate surface area is 145 Å². The van der Waals surface area contributed by atoms with Crippen molar-refractivity contribution in [2.75, 3.05) is 20.1 Å². The lowest BCUT2D eigenvalue weighted by Crippen LogP contribution is -2.35. The number of piperidine rings is 1. The molecule has 0 bridgehead atoms. The molecule has 0 aliphatic carbocycles. The van der Waals surface area contributed by atoms with E-state index >= 15 is 0 Å². The van der Waals surface area contributed by atoms with E-state index in [1.807, 2.05) is 32.9 Å². The molecule has 6 heteroatoms. The molecule has 0 atom stereocenters. The second kappa shape index (κ2) is 7.15. The van der Waals surface area contributed by atoms with Crippen LogP contribution in [-0.4, -0.2) is 39.1 Å². The van der Waals surface area contributed by atoms with Crippen LogP contribution in [0, 0.1) is 0 Å². The van der Waals surface area contributed by atoms with Crippen LogP contribution in [0.5, 0.6) is 0 Å². The summed E-state index contributed by atoms with van der Waals surface area (Å²) in [7, 11) is -1.95. The molecular weight excluding hydrogens is 324 g/mol. The standard InChI is InChI=1S/C18H28N2O3S/c1-14(23-18(2,3)4)20-12-10-16(11-13-20)15-6-8-17(9-7-15)24(21,22)19-5/h6-9,16,19H,1,10-13H2,2-5H3. The van der Waals surface area contributed by atoms with Gasteiger partial charge in [-0.1, -0.05) is 12.1 Å². The third-order valence-corrected chi connectivity index (χ3v) is 5.63. The number of ether oxygens (including phenoxy) is 1. The SMILES string of the molecule is C=C(OC(C)(C)C)N1CCC(c2ccc(S(=O)(=O)NC)cc2)CC1. The van der Waals surface area contributed by atoms with E-state index in [4.69, 9.17) is 4.74 Å². The van der Waals surface area contributed by atoms with E-state index in [2.05, 4.69) is 16.2 Å². The summed E-state index contributed by atoms with van der Waals surface area (Å²) in [5.74, 6) is 1.17. The van der Waals surface area contributed by atoms with Crippen molar-refractivity contribution in [1.29, 1.82) is 0 Å². The van der Waals surface area contributed by atoms with Crippen molar-refractivity contribution in [1.82, 2.24) is 9.62 Å².